The van der Waals surface area contributed by atoms with Gasteiger partial charge in [-0.25, -0.2) is 0 Å². The fourth-order valence-corrected chi connectivity index (χ4v) is 6.80. The van der Waals surface area contributed by atoms with Crippen molar-refractivity contribution in [3.05, 3.63) is 0 Å². The Kier molecular flexibility index (Phi) is 3.20. The molecule has 0 saturated heterocycles. The number of aliphatic hydroxyl groups excluding tert-OH is 2. The zero-order valence-corrected chi connectivity index (χ0v) is 12.8. The largest absolute Gasteiger partial charge is 0.393 e. The molecule has 0 radical (unpaired) electrons. The SMILES string of the molecule is C[C@]12CC[C@H]3[C@@H](CCC4C[C@H](O)CC[C@@H]43)[C@@H]1CC[C@H]2O. The van der Waals surface area contributed by atoms with Gasteiger partial charge in [-0.1, -0.05) is 6.92 Å². The smallest absolute Gasteiger partial charge is 0.0596 e. The summed E-state index contributed by atoms with van der Waals surface area (Å²) in [4.78, 5) is 0. The summed E-state index contributed by atoms with van der Waals surface area (Å²) in [7, 11) is 0. The van der Waals surface area contributed by atoms with E-state index >= 15 is 0 Å². The molecule has 0 heterocycles. The van der Waals surface area contributed by atoms with Crippen LogP contribution in [0.4, 0.5) is 0 Å². The van der Waals surface area contributed by atoms with E-state index in [-0.39, 0.29) is 17.6 Å². The number of aliphatic hydroxyl groups is 2. The Balaban J connectivity index is 1.57. The molecule has 0 aromatic carbocycles. The molecule has 0 amide bonds. The zero-order valence-electron chi connectivity index (χ0n) is 12.8. The van der Waals surface area contributed by atoms with Gasteiger partial charge in [0.2, 0.25) is 0 Å². The third kappa shape index (κ3) is 1.83. The first-order valence-corrected chi connectivity index (χ1v) is 8.95. The normalized spacial score (nSPS) is 58.6. The second-order valence-corrected chi connectivity index (χ2v) is 8.54. The van der Waals surface area contributed by atoms with Crippen LogP contribution in [0.15, 0.2) is 0 Å². The lowest BCUT2D eigenvalue weighted by molar-refractivity contribution is -0.0913. The molecule has 2 heteroatoms. The van der Waals surface area contributed by atoms with Gasteiger partial charge in [0.1, 0.15) is 0 Å². The second kappa shape index (κ2) is 4.71. The first-order chi connectivity index (χ1) is 9.59. The van der Waals surface area contributed by atoms with Crippen LogP contribution >= 0.6 is 0 Å². The number of hydrogen-bond acceptors (Lipinski definition) is 2. The number of fused-ring (bicyclic) bond motifs is 5. The third-order valence-corrected chi connectivity index (χ3v) is 7.88. The van der Waals surface area contributed by atoms with Crippen molar-refractivity contribution in [3.8, 4) is 0 Å². The lowest BCUT2D eigenvalue weighted by atomic mass is 9.50. The zero-order chi connectivity index (χ0) is 13.9. The van der Waals surface area contributed by atoms with E-state index in [0.717, 1.165) is 48.9 Å². The molecule has 20 heavy (non-hydrogen) atoms. The van der Waals surface area contributed by atoms with Gasteiger partial charge in [-0.2, -0.15) is 0 Å². The van der Waals surface area contributed by atoms with Crippen LogP contribution in [-0.2, 0) is 0 Å². The summed E-state index contributed by atoms with van der Waals surface area (Å²) in [5, 5.41) is 20.3. The van der Waals surface area contributed by atoms with E-state index in [0.29, 0.717) is 0 Å². The van der Waals surface area contributed by atoms with Crippen LogP contribution in [0, 0.1) is 35.0 Å². The predicted molar refractivity (Wildman–Crippen MR) is 79.1 cm³/mol. The highest BCUT2D eigenvalue weighted by Crippen LogP contribution is 2.62. The lowest BCUT2D eigenvalue weighted by Crippen LogP contribution is -2.49. The molecule has 4 rings (SSSR count). The van der Waals surface area contributed by atoms with Crippen LogP contribution in [0.25, 0.3) is 0 Å². The van der Waals surface area contributed by atoms with Crippen molar-refractivity contribution in [2.45, 2.75) is 76.9 Å². The van der Waals surface area contributed by atoms with E-state index in [1.54, 1.807) is 0 Å². The number of rotatable bonds is 0. The van der Waals surface area contributed by atoms with Gasteiger partial charge in [0, 0.05) is 0 Å². The fraction of sp³-hybridized carbons (Fsp3) is 1.00. The molecule has 0 aromatic heterocycles. The van der Waals surface area contributed by atoms with Crippen LogP contribution in [0.2, 0.25) is 0 Å². The van der Waals surface area contributed by atoms with Crippen molar-refractivity contribution in [3.63, 3.8) is 0 Å². The Morgan fingerprint density at radius 3 is 2.45 bits per heavy atom. The minimum absolute atomic E-state index is 0.0186. The van der Waals surface area contributed by atoms with Crippen molar-refractivity contribution in [1.29, 1.82) is 0 Å². The van der Waals surface area contributed by atoms with E-state index < -0.39 is 0 Å². The fourth-order valence-electron chi connectivity index (χ4n) is 6.80. The van der Waals surface area contributed by atoms with E-state index in [1.807, 2.05) is 0 Å². The summed E-state index contributed by atoms with van der Waals surface area (Å²) < 4.78 is 0. The quantitative estimate of drug-likeness (QED) is 0.713. The summed E-state index contributed by atoms with van der Waals surface area (Å²) in [5.41, 5.74) is 0.224. The minimum atomic E-state index is -0.0423. The van der Waals surface area contributed by atoms with Gasteiger partial charge in [-0.05, 0) is 92.8 Å². The number of hydrogen-bond donors (Lipinski definition) is 2. The summed E-state index contributed by atoms with van der Waals surface area (Å²) in [6.07, 6.45) is 10.9. The molecule has 1 unspecified atom stereocenters. The highest BCUT2D eigenvalue weighted by molar-refractivity contribution is 5.06. The van der Waals surface area contributed by atoms with Gasteiger partial charge in [0.25, 0.3) is 0 Å². The molecule has 4 saturated carbocycles. The maximum atomic E-state index is 10.4. The van der Waals surface area contributed by atoms with Gasteiger partial charge in [-0.3, -0.25) is 0 Å². The first kappa shape index (κ1) is 13.6. The molecular formula is C18H30O2. The Morgan fingerprint density at radius 1 is 0.800 bits per heavy atom. The molecule has 0 aromatic rings. The topological polar surface area (TPSA) is 40.5 Å². The monoisotopic (exact) mass is 278 g/mol. The van der Waals surface area contributed by atoms with Crippen LogP contribution in [0.3, 0.4) is 0 Å². The molecule has 0 bridgehead atoms. The predicted octanol–water partition coefficient (Wildman–Crippen LogP) is 3.36. The van der Waals surface area contributed by atoms with Crippen molar-refractivity contribution in [2.75, 3.05) is 0 Å². The summed E-state index contributed by atoms with van der Waals surface area (Å²) >= 11 is 0. The van der Waals surface area contributed by atoms with Crippen molar-refractivity contribution >= 4 is 0 Å². The molecule has 2 nitrogen and oxygen atoms in total. The van der Waals surface area contributed by atoms with Gasteiger partial charge in [0.05, 0.1) is 12.2 Å². The Morgan fingerprint density at radius 2 is 1.60 bits per heavy atom. The van der Waals surface area contributed by atoms with E-state index in [2.05, 4.69) is 6.92 Å². The average Bonchev–Trinajstić information content (AvgIpc) is 2.74. The van der Waals surface area contributed by atoms with Crippen molar-refractivity contribution in [2.24, 2.45) is 35.0 Å². The van der Waals surface area contributed by atoms with Crippen molar-refractivity contribution < 1.29 is 10.2 Å². The lowest BCUT2D eigenvalue weighted by Gasteiger charge is -2.55. The van der Waals surface area contributed by atoms with Crippen LogP contribution < -0.4 is 0 Å². The molecule has 114 valence electrons. The van der Waals surface area contributed by atoms with Gasteiger partial charge in [-0.15, -0.1) is 0 Å². The first-order valence-electron chi connectivity index (χ1n) is 8.95. The van der Waals surface area contributed by atoms with Gasteiger partial charge < -0.3 is 10.2 Å². The third-order valence-electron chi connectivity index (χ3n) is 7.88. The Hall–Kier alpha value is -0.0800. The summed E-state index contributed by atoms with van der Waals surface area (Å²) in [6.45, 7) is 2.36. The molecule has 8 atom stereocenters. The minimum Gasteiger partial charge on any atom is -0.393 e. The van der Waals surface area contributed by atoms with E-state index in [9.17, 15) is 10.2 Å². The maximum Gasteiger partial charge on any atom is 0.0596 e. The highest BCUT2D eigenvalue weighted by Gasteiger charge is 2.56. The van der Waals surface area contributed by atoms with Crippen molar-refractivity contribution in [1.82, 2.24) is 0 Å². The van der Waals surface area contributed by atoms with Crippen LogP contribution in [-0.4, -0.2) is 22.4 Å². The maximum absolute atomic E-state index is 10.4. The molecule has 2 N–H and O–H groups in total. The molecule has 0 aliphatic heterocycles. The van der Waals surface area contributed by atoms with E-state index in [1.165, 1.54) is 38.5 Å². The van der Waals surface area contributed by atoms with Crippen LogP contribution in [0.1, 0.15) is 64.7 Å². The molecular weight excluding hydrogens is 248 g/mol. The molecule has 0 spiro atoms. The summed E-state index contributed by atoms with van der Waals surface area (Å²) in [6, 6.07) is 0. The van der Waals surface area contributed by atoms with Gasteiger partial charge in [0.15, 0.2) is 0 Å². The highest BCUT2D eigenvalue weighted by atomic mass is 16.3. The molecule has 4 fully saturated rings. The molecule has 4 aliphatic carbocycles. The van der Waals surface area contributed by atoms with Gasteiger partial charge >= 0.3 is 0 Å². The van der Waals surface area contributed by atoms with E-state index in [4.69, 9.17) is 0 Å². The average molecular weight is 278 g/mol. The summed E-state index contributed by atoms with van der Waals surface area (Å²) in [5.74, 6) is 4.26. The van der Waals surface area contributed by atoms with Crippen LogP contribution in [0.5, 0.6) is 0 Å². The Bertz CT molecular complexity index is 382. The standard InChI is InChI=1S/C18H30O2/c1-18-9-8-14-13-5-3-12(19)10-11(13)2-4-15(14)16(18)6-7-17(18)20/h11-17,19-20H,2-10H2,1H3/t11?,12-,13+,14-,15-,16+,17-,18+/m1/s1. The molecule has 4 aliphatic rings. The Labute approximate surface area is 123 Å². The second-order valence-electron chi connectivity index (χ2n) is 8.54.